The number of halogens is 2. The van der Waals surface area contributed by atoms with Gasteiger partial charge in [-0.15, -0.1) is 0 Å². The number of amides is 1. The van der Waals surface area contributed by atoms with Crippen LogP contribution < -0.4 is 5.32 Å². The lowest BCUT2D eigenvalue weighted by Gasteiger charge is -2.09. The maximum absolute atomic E-state index is 12.4. The highest BCUT2D eigenvalue weighted by atomic mass is 35.5. The minimum absolute atomic E-state index is 0.0551. The van der Waals surface area contributed by atoms with Crippen molar-refractivity contribution in [1.82, 2.24) is 0 Å². The molecule has 0 aromatic heterocycles. The third kappa shape index (κ3) is 8.57. The molecular weight excluding hydrogens is 417 g/mol. The molecule has 0 radical (unpaired) electrons. The molecule has 0 aliphatic carbocycles. The Labute approximate surface area is 190 Å². The summed E-state index contributed by atoms with van der Waals surface area (Å²) in [7, 11) is 0. The Balaban J connectivity index is 1.68. The number of aromatic hydroxyl groups is 1. The number of phenols is 1. The number of benzene rings is 2. The van der Waals surface area contributed by atoms with Gasteiger partial charge in [0.05, 0.1) is 10.6 Å². The minimum atomic E-state index is -0.445. The van der Waals surface area contributed by atoms with Crippen LogP contribution in [0.4, 0.5) is 5.69 Å². The summed E-state index contributed by atoms with van der Waals surface area (Å²) in [6.07, 6.45) is 14.4. The number of carbonyl (C=O) groups excluding carboxylic acids is 1. The molecule has 0 bridgehead atoms. The van der Waals surface area contributed by atoms with Gasteiger partial charge in [-0.05, 0) is 42.7 Å². The van der Waals surface area contributed by atoms with Gasteiger partial charge in [0.2, 0.25) is 0 Å². The number of phenolic OH excluding ortho intramolecular Hbond substituents is 1. The van der Waals surface area contributed by atoms with Crippen LogP contribution in [0.3, 0.4) is 0 Å². The first kappa shape index (κ1) is 24.6. The zero-order valence-corrected chi connectivity index (χ0v) is 19.4. The third-order valence-corrected chi connectivity index (χ3v) is 5.81. The summed E-state index contributed by atoms with van der Waals surface area (Å²) in [5, 5.41) is 13.1. The molecule has 0 saturated carbocycles. The van der Waals surface area contributed by atoms with Crippen LogP contribution in [0.2, 0.25) is 10.0 Å². The van der Waals surface area contributed by atoms with Crippen molar-refractivity contribution in [2.75, 3.05) is 5.32 Å². The van der Waals surface area contributed by atoms with Crippen LogP contribution in [0.25, 0.3) is 0 Å². The van der Waals surface area contributed by atoms with Crippen LogP contribution in [0, 0.1) is 0 Å². The van der Waals surface area contributed by atoms with E-state index in [2.05, 4.69) is 12.2 Å². The number of aryl methyl sites for hydroxylation is 1. The number of hydrogen-bond donors (Lipinski definition) is 2. The molecule has 2 aromatic rings. The fourth-order valence-electron chi connectivity index (χ4n) is 3.51. The highest BCUT2D eigenvalue weighted by molar-refractivity contribution is 6.36. The SMILES string of the molecule is CCCCCCCCCCCCc1ccc(NC(=O)c2cc(Cl)cc(Cl)c2O)cc1. The lowest BCUT2D eigenvalue weighted by atomic mass is 10.0. The topological polar surface area (TPSA) is 49.3 Å². The van der Waals surface area contributed by atoms with E-state index in [1.165, 1.54) is 81.9 Å². The molecule has 2 rings (SSSR count). The Bertz CT molecular complexity index is 790. The summed E-state index contributed by atoms with van der Waals surface area (Å²) < 4.78 is 0. The number of anilines is 1. The molecule has 2 N–H and O–H groups in total. The van der Waals surface area contributed by atoms with Gasteiger partial charge in [-0.1, -0.05) is 100 Å². The minimum Gasteiger partial charge on any atom is -0.506 e. The van der Waals surface area contributed by atoms with Gasteiger partial charge in [-0.2, -0.15) is 0 Å². The van der Waals surface area contributed by atoms with Crippen molar-refractivity contribution in [2.45, 2.75) is 77.6 Å². The van der Waals surface area contributed by atoms with Gasteiger partial charge in [0.15, 0.2) is 0 Å². The number of unbranched alkanes of at least 4 members (excludes halogenated alkanes) is 9. The van der Waals surface area contributed by atoms with E-state index in [0.717, 1.165) is 6.42 Å². The largest absolute Gasteiger partial charge is 0.506 e. The molecule has 5 heteroatoms. The first-order chi connectivity index (χ1) is 14.5. The van der Waals surface area contributed by atoms with Crippen molar-refractivity contribution in [1.29, 1.82) is 0 Å². The van der Waals surface area contributed by atoms with Crippen molar-refractivity contribution in [3.8, 4) is 5.75 Å². The molecule has 164 valence electrons. The predicted octanol–water partition coefficient (Wildman–Crippen LogP) is 8.41. The number of nitrogens with one attached hydrogen (secondary N) is 1. The third-order valence-electron chi connectivity index (χ3n) is 5.30. The Kier molecular flexibility index (Phi) is 11.1. The van der Waals surface area contributed by atoms with Crippen molar-refractivity contribution in [3.05, 3.63) is 57.6 Å². The van der Waals surface area contributed by atoms with Gasteiger partial charge in [-0.25, -0.2) is 0 Å². The molecule has 0 unspecified atom stereocenters. The lowest BCUT2D eigenvalue weighted by molar-refractivity contribution is 0.102. The molecule has 1 amide bonds. The molecule has 0 atom stereocenters. The molecule has 0 fully saturated rings. The summed E-state index contributed by atoms with van der Waals surface area (Å²) in [4.78, 5) is 12.4. The van der Waals surface area contributed by atoms with Crippen LogP contribution in [0.1, 0.15) is 87.1 Å². The lowest BCUT2D eigenvalue weighted by Crippen LogP contribution is -2.12. The summed E-state index contributed by atoms with van der Waals surface area (Å²) in [5.74, 6) is -0.713. The highest BCUT2D eigenvalue weighted by Crippen LogP contribution is 2.31. The highest BCUT2D eigenvalue weighted by Gasteiger charge is 2.15. The molecule has 0 spiro atoms. The van der Waals surface area contributed by atoms with E-state index >= 15 is 0 Å². The van der Waals surface area contributed by atoms with Gasteiger partial charge in [0.25, 0.3) is 5.91 Å². The van der Waals surface area contributed by atoms with E-state index in [4.69, 9.17) is 23.2 Å². The smallest absolute Gasteiger partial charge is 0.259 e. The van der Waals surface area contributed by atoms with E-state index in [9.17, 15) is 9.90 Å². The normalized spacial score (nSPS) is 10.9. The first-order valence-electron chi connectivity index (χ1n) is 11.1. The zero-order valence-electron chi connectivity index (χ0n) is 17.9. The molecule has 0 saturated heterocycles. The van der Waals surface area contributed by atoms with E-state index in [-0.39, 0.29) is 16.3 Å². The van der Waals surface area contributed by atoms with E-state index in [1.54, 1.807) is 0 Å². The average molecular weight is 450 g/mol. The Hall–Kier alpha value is -1.71. The molecule has 0 aliphatic rings. The summed E-state index contributed by atoms with van der Waals surface area (Å²) >= 11 is 11.8. The van der Waals surface area contributed by atoms with E-state index in [0.29, 0.717) is 10.7 Å². The first-order valence-corrected chi connectivity index (χ1v) is 11.8. The van der Waals surface area contributed by atoms with Crippen molar-refractivity contribution in [2.24, 2.45) is 0 Å². The van der Waals surface area contributed by atoms with E-state index in [1.807, 2.05) is 24.3 Å². The maximum atomic E-state index is 12.4. The quantitative estimate of drug-likeness (QED) is 0.301. The second-order valence-electron chi connectivity index (χ2n) is 7.87. The van der Waals surface area contributed by atoms with Crippen molar-refractivity contribution < 1.29 is 9.90 Å². The summed E-state index contributed by atoms with van der Waals surface area (Å²) in [6, 6.07) is 10.6. The van der Waals surface area contributed by atoms with Crippen LogP contribution in [-0.2, 0) is 6.42 Å². The molecule has 2 aromatic carbocycles. The van der Waals surface area contributed by atoms with Crippen LogP contribution >= 0.6 is 23.2 Å². The summed E-state index contributed by atoms with van der Waals surface area (Å²) in [5.41, 5.74) is 1.99. The van der Waals surface area contributed by atoms with Crippen molar-refractivity contribution >= 4 is 34.8 Å². The zero-order chi connectivity index (χ0) is 21.8. The number of hydrogen-bond acceptors (Lipinski definition) is 2. The predicted molar refractivity (Wildman–Crippen MR) is 128 cm³/mol. The fraction of sp³-hybridized carbons (Fsp3) is 0.480. The van der Waals surface area contributed by atoms with Gasteiger partial charge < -0.3 is 10.4 Å². The molecule has 3 nitrogen and oxygen atoms in total. The fourth-order valence-corrected chi connectivity index (χ4v) is 4.00. The van der Waals surface area contributed by atoms with Gasteiger partial charge in [-0.3, -0.25) is 4.79 Å². The van der Waals surface area contributed by atoms with Crippen LogP contribution in [0.5, 0.6) is 5.75 Å². The van der Waals surface area contributed by atoms with Crippen LogP contribution in [0.15, 0.2) is 36.4 Å². The van der Waals surface area contributed by atoms with Gasteiger partial charge in [0, 0.05) is 10.7 Å². The van der Waals surface area contributed by atoms with Gasteiger partial charge in [0.1, 0.15) is 5.75 Å². The average Bonchev–Trinajstić information content (AvgIpc) is 2.73. The Morgan fingerprint density at radius 3 is 2.03 bits per heavy atom. The van der Waals surface area contributed by atoms with Crippen LogP contribution in [-0.4, -0.2) is 11.0 Å². The Morgan fingerprint density at radius 2 is 1.43 bits per heavy atom. The number of rotatable bonds is 13. The molecule has 0 aliphatic heterocycles. The van der Waals surface area contributed by atoms with E-state index < -0.39 is 5.91 Å². The van der Waals surface area contributed by atoms with Crippen molar-refractivity contribution in [3.63, 3.8) is 0 Å². The monoisotopic (exact) mass is 449 g/mol. The molecule has 0 heterocycles. The summed E-state index contributed by atoms with van der Waals surface area (Å²) in [6.45, 7) is 2.26. The second kappa shape index (κ2) is 13.6. The number of carbonyl (C=O) groups is 1. The maximum Gasteiger partial charge on any atom is 0.259 e. The second-order valence-corrected chi connectivity index (χ2v) is 8.71. The molecule has 30 heavy (non-hydrogen) atoms. The molecular formula is C25H33Cl2NO2. The standard InChI is InChI=1S/C25H33Cl2NO2/c1-2-3-4-5-6-7-8-9-10-11-12-19-13-15-21(16-14-19)28-25(30)22-17-20(26)18-23(27)24(22)29/h13-18,29H,2-12H2,1H3,(H,28,30). The Morgan fingerprint density at radius 1 is 0.867 bits per heavy atom. The van der Waals surface area contributed by atoms with Gasteiger partial charge >= 0.3 is 0 Å².